The molecule has 0 aliphatic carbocycles. The second-order valence-corrected chi connectivity index (χ2v) is 6.43. The average Bonchev–Trinajstić information content (AvgIpc) is 3.18. The fourth-order valence-electron chi connectivity index (χ4n) is 2.85. The molecule has 156 valence electrons. The molecule has 0 spiro atoms. The minimum atomic E-state index is -0.833. The summed E-state index contributed by atoms with van der Waals surface area (Å²) in [7, 11) is 0. The van der Waals surface area contributed by atoms with Crippen LogP contribution >= 0.6 is 0 Å². The second kappa shape index (κ2) is 9.64. The van der Waals surface area contributed by atoms with Gasteiger partial charge in [0.2, 0.25) is 5.91 Å². The zero-order chi connectivity index (χ0) is 21.5. The molecule has 1 aliphatic heterocycles. The van der Waals surface area contributed by atoms with Crippen LogP contribution < -0.4 is 10.1 Å². The fraction of sp³-hybridized carbons (Fsp3) is 0.238. The summed E-state index contributed by atoms with van der Waals surface area (Å²) in [6.07, 6.45) is 0.884. The summed E-state index contributed by atoms with van der Waals surface area (Å²) in [6, 6.07) is 11.7. The number of imide groups is 1. The molecule has 1 saturated heterocycles. The maximum absolute atomic E-state index is 13.6. The van der Waals surface area contributed by atoms with Crippen molar-refractivity contribution in [2.75, 3.05) is 25.1 Å². The van der Waals surface area contributed by atoms with Crippen LogP contribution in [-0.4, -0.2) is 48.3 Å². The molecule has 3 amide bonds. The van der Waals surface area contributed by atoms with E-state index in [4.69, 9.17) is 9.47 Å². The van der Waals surface area contributed by atoms with Gasteiger partial charge in [0.25, 0.3) is 11.8 Å². The van der Waals surface area contributed by atoms with Crippen molar-refractivity contribution in [3.63, 3.8) is 0 Å². The molecule has 1 aliphatic rings. The molecular formula is C21H19FN2O6. The van der Waals surface area contributed by atoms with Gasteiger partial charge in [-0.2, -0.15) is 0 Å². The number of ether oxygens (including phenoxy) is 2. The Morgan fingerprint density at radius 1 is 1.03 bits per heavy atom. The van der Waals surface area contributed by atoms with Crippen molar-refractivity contribution in [1.82, 2.24) is 4.90 Å². The van der Waals surface area contributed by atoms with Gasteiger partial charge in [-0.25, -0.2) is 9.18 Å². The van der Waals surface area contributed by atoms with E-state index in [1.54, 1.807) is 18.2 Å². The molecule has 8 nitrogen and oxygen atoms in total. The predicted octanol–water partition coefficient (Wildman–Crippen LogP) is 2.15. The maximum Gasteiger partial charge on any atom is 0.342 e. The van der Waals surface area contributed by atoms with Crippen LogP contribution in [0.5, 0.6) is 5.75 Å². The number of anilines is 1. The van der Waals surface area contributed by atoms with Gasteiger partial charge in [-0.1, -0.05) is 24.3 Å². The molecule has 9 heteroatoms. The maximum atomic E-state index is 13.6. The molecule has 0 aromatic heterocycles. The average molecular weight is 414 g/mol. The molecule has 2 aromatic carbocycles. The number of nitrogens with zero attached hydrogens (tertiary/aromatic N) is 1. The highest BCUT2D eigenvalue weighted by Crippen LogP contribution is 2.20. The Hall–Kier alpha value is -3.75. The van der Waals surface area contributed by atoms with Gasteiger partial charge in [0.15, 0.2) is 13.2 Å². The van der Waals surface area contributed by atoms with Gasteiger partial charge < -0.3 is 14.8 Å². The zero-order valence-corrected chi connectivity index (χ0v) is 15.9. The van der Waals surface area contributed by atoms with Crippen LogP contribution in [0.1, 0.15) is 23.2 Å². The number of hydrogen-bond acceptors (Lipinski definition) is 6. The smallest absolute Gasteiger partial charge is 0.342 e. The first-order valence-electron chi connectivity index (χ1n) is 9.22. The number of halogens is 1. The number of para-hydroxylation sites is 2. The van der Waals surface area contributed by atoms with E-state index in [2.05, 4.69) is 5.32 Å². The lowest BCUT2D eigenvalue weighted by molar-refractivity contribution is -0.143. The first-order valence-corrected chi connectivity index (χ1v) is 9.22. The fourth-order valence-corrected chi connectivity index (χ4v) is 2.85. The molecule has 1 heterocycles. The van der Waals surface area contributed by atoms with Crippen LogP contribution in [0, 0.1) is 5.82 Å². The van der Waals surface area contributed by atoms with Gasteiger partial charge >= 0.3 is 5.97 Å². The van der Waals surface area contributed by atoms with Crippen molar-refractivity contribution in [2.24, 2.45) is 0 Å². The van der Waals surface area contributed by atoms with Crippen LogP contribution in [0.25, 0.3) is 0 Å². The van der Waals surface area contributed by atoms with Crippen molar-refractivity contribution in [2.45, 2.75) is 12.8 Å². The van der Waals surface area contributed by atoms with E-state index < -0.39 is 36.8 Å². The van der Waals surface area contributed by atoms with E-state index in [0.29, 0.717) is 19.4 Å². The standard InChI is InChI=1S/C21H19FN2O6/c22-15-7-2-3-8-16(15)23-18(25)12-29-17-9-4-1-6-14(17)21(28)30-13-20(27)24-11-5-10-19(24)26/h1-4,6-9H,5,10-13H2,(H,23,25). The van der Waals surface area contributed by atoms with Crippen LogP contribution in [0.15, 0.2) is 48.5 Å². The number of nitrogens with one attached hydrogen (secondary N) is 1. The quantitative estimate of drug-likeness (QED) is 0.697. The normalized spacial score (nSPS) is 13.1. The van der Waals surface area contributed by atoms with E-state index in [-0.39, 0.29) is 22.9 Å². The van der Waals surface area contributed by atoms with E-state index in [1.165, 1.54) is 30.3 Å². The molecule has 0 unspecified atom stereocenters. The Balaban J connectivity index is 1.56. The van der Waals surface area contributed by atoms with Crippen molar-refractivity contribution in [3.8, 4) is 5.75 Å². The molecule has 0 atom stereocenters. The Morgan fingerprint density at radius 3 is 2.50 bits per heavy atom. The van der Waals surface area contributed by atoms with E-state index in [1.807, 2.05) is 0 Å². The first-order chi connectivity index (χ1) is 14.5. The third-order valence-corrected chi connectivity index (χ3v) is 4.31. The summed E-state index contributed by atoms with van der Waals surface area (Å²) >= 11 is 0. The number of benzene rings is 2. The van der Waals surface area contributed by atoms with Gasteiger partial charge in [-0.3, -0.25) is 19.3 Å². The molecule has 1 N–H and O–H groups in total. The molecule has 1 fully saturated rings. The Kier molecular flexibility index (Phi) is 6.74. The van der Waals surface area contributed by atoms with Crippen LogP contribution in [0.3, 0.4) is 0 Å². The van der Waals surface area contributed by atoms with E-state index in [9.17, 15) is 23.6 Å². The molecule has 0 saturated carbocycles. The molecule has 0 bridgehead atoms. The third-order valence-electron chi connectivity index (χ3n) is 4.31. The van der Waals surface area contributed by atoms with Gasteiger partial charge in [-0.15, -0.1) is 0 Å². The minimum absolute atomic E-state index is 0.00812. The van der Waals surface area contributed by atoms with Crippen LogP contribution in [-0.2, 0) is 19.1 Å². The number of amides is 3. The molecule has 0 radical (unpaired) electrons. The lowest BCUT2D eigenvalue weighted by Gasteiger charge is -2.14. The summed E-state index contributed by atoms with van der Waals surface area (Å²) in [4.78, 5) is 49.0. The number of hydrogen-bond donors (Lipinski definition) is 1. The summed E-state index contributed by atoms with van der Waals surface area (Å²) < 4.78 is 24.0. The predicted molar refractivity (Wildman–Crippen MR) is 103 cm³/mol. The number of likely N-dealkylation sites (tertiary alicyclic amines) is 1. The van der Waals surface area contributed by atoms with Crippen molar-refractivity contribution < 1.29 is 33.0 Å². The summed E-state index contributed by atoms with van der Waals surface area (Å²) in [6.45, 7) is -0.738. The summed E-state index contributed by atoms with van der Waals surface area (Å²) in [5.74, 6) is -2.85. The summed E-state index contributed by atoms with van der Waals surface area (Å²) in [5, 5.41) is 2.37. The highest BCUT2D eigenvalue weighted by atomic mass is 19.1. The minimum Gasteiger partial charge on any atom is -0.483 e. The van der Waals surface area contributed by atoms with Crippen LogP contribution in [0.4, 0.5) is 10.1 Å². The van der Waals surface area contributed by atoms with Gasteiger partial charge in [0.1, 0.15) is 17.1 Å². The SMILES string of the molecule is O=C(COc1ccccc1C(=O)OCC(=O)N1CCCC1=O)Nc1ccccc1F. The number of carbonyl (C=O) groups is 4. The third kappa shape index (κ3) is 5.19. The summed E-state index contributed by atoms with van der Waals surface area (Å²) in [5.41, 5.74) is 0.0190. The molecule has 3 rings (SSSR count). The van der Waals surface area contributed by atoms with Crippen LogP contribution in [0.2, 0.25) is 0 Å². The van der Waals surface area contributed by atoms with Gasteiger partial charge in [0.05, 0.1) is 5.69 Å². The molecule has 30 heavy (non-hydrogen) atoms. The molecular weight excluding hydrogens is 395 g/mol. The van der Waals surface area contributed by atoms with E-state index in [0.717, 1.165) is 4.90 Å². The monoisotopic (exact) mass is 414 g/mol. The lowest BCUT2D eigenvalue weighted by atomic mass is 10.2. The van der Waals surface area contributed by atoms with Crippen molar-refractivity contribution >= 4 is 29.4 Å². The number of carbonyl (C=O) groups excluding carboxylic acids is 4. The Labute approximate surface area is 171 Å². The Bertz CT molecular complexity index is 977. The number of esters is 1. The zero-order valence-electron chi connectivity index (χ0n) is 15.9. The highest BCUT2D eigenvalue weighted by Gasteiger charge is 2.27. The topological polar surface area (TPSA) is 102 Å². The van der Waals surface area contributed by atoms with Crippen molar-refractivity contribution in [1.29, 1.82) is 0 Å². The van der Waals surface area contributed by atoms with Gasteiger partial charge in [-0.05, 0) is 30.7 Å². The number of rotatable bonds is 7. The largest absolute Gasteiger partial charge is 0.483 e. The highest BCUT2D eigenvalue weighted by molar-refractivity contribution is 5.99. The van der Waals surface area contributed by atoms with Crippen molar-refractivity contribution in [3.05, 3.63) is 59.9 Å². The van der Waals surface area contributed by atoms with E-state index >= 15 is 0 Å². The second-order valence-electron chi connectivity index (χ2n) is 6.43. The molecule has 2 aromatic rings. The Morgan fingerprint density at radius 2 is 1.77 bits per heavy atom. The lowest BCUT2D eigenvalue weighted by Crippen LogP contribution is -2.35. The van der Waals surface area contributed by atoms with Gasteiger partial charge in [0, 0.05) is 13.0 Å². The first kappa shape index (κ1) is 21.0.